The van der Waals surface area contributed by atoms with E-state index in [1.54, 1.807) is 7.11 Å². The van der Waals surface area contributed by atoms with Crippen LogP contribution in [0.2, 0.25) is 5.02 Å². The van der Waals surface area contributed by atoms with Gasteiger partial charge in [-0.3, -0.25) is 0 Å². The molecule has 1 heterocycles. The van der Waals surface area contributed by atoms with Gasteiger partial charge in [-0.25, -0.2) is 4.98 Å². The molecule has 0 aliphatic heterocycles. The zero-order valence-corrected chi connectivity index (χ0v) is 10.8. The Kier molecular flexibility index (Phi) is 4.59. The smallest absolute Gasteiger partial charge is 0.126 e. The second-order valence-electron chi connectivity index (χ2n) is 4.20. The van der Waals surface area contributed by atoms with E-state index in [0.29, 0.717) is 12.6 Å². The largest absolute Gasteiger partial charge is 0.383 e. The second-order valence-corrected chi connectivity index (χ2v) is 4.61. The number of hydrogen-bond donors (Lipinski definition) is 2. The summed E-state index contributed by atoms with van der Waals surface area (Å²) in [4.78, 5) is 4.48. The molecular weight excluding hydrogens is 238 g/mol. The Labute approximate surface area is 107 Å². The fourth-order valence-electron chi connectivity index (χ4n) is 1.52. The van der Waals surface area contributed by atoms with E-state index in [0.717, 1.165) is 29.6 Å². The molecule has 1 saturated carbocycles. The molecule has 0 amide bonds. The van der Waals surface area contributed by atoms with Crippen molar-refractivity contribution in [3.05, 3.63) is 22.8 Å². The monoisotopic (exact) mass is 255 g/mol. The molecule has 2 N–H and O–H groups in total. The van der Waals surface area contributed by atoms with E-state index in [9.17, 15) is 0 Å². The molecule has 17 heavy (non-hydrogen) atoms. The predicted octanol–water partition coefficient (Wildman–Crippen LogP) is 2.05. The first-order valence-corrected chi connectivity index (χ1v) is 6.29. The highest BCUT2D eigenvalue weighted by Gasteiger charge is 2.20. The number of rotatable bonds is 7. The maximum atomic E-state index is 6.11. The van der Waals surface area contributed by atoms with Crippen molar-refractivity contribution in [1.29, 1.82) is 0 Å². The minimum atomic E-state index is 0.665. The van der Waals surface area contributed by atoms with Crippen LogP contribution in [-0.4, -0.2) is 31.3 Å². The number of anilines is 1. The summed E-state index contributed by atoms with van der Waals surface area (Å²) < 4.78 is 4.98. The highest BCUT2D eigenvalue weighted by molar-refractivity contribution is 6.31. The standard InChI is InChI=1S/C12H18ClN3O/c1-17-7-6-14-12-5-4-10(13)11(16-12)8-15-9-2-3-9/h4-5,9,15H,2-3,6-8H2,1H3,(H,14,16). The Bertz CT molecular complexity index is 369. The zero-order valence-electron chi connectivity index (χ0n) is 10.0. The molecule has 5 heteroatoms. The van der Waals surface area contributed by atoms with Gasteiger partial charge in [0.25, 0.3) is 0 Å². The maximum absolute atomic E-state index is 6.11. The molecule has 4 nitrogen and oxygen atoms in total. The van der Waals surface area contributed by atoms with Crippen LogP contribution in [0.15, 0.2) is 12.1 Å². The predicted molar refractivity (Wildman–Crippen MR) is 69.5 cm³/mol. The van der Waals surface area contributed by atoms with Gasteiger partial charge in [0.1, 0.15) is 5.82 Å². The summed E-state index contributed by atoms with van der Waals surface area (Å²) in [6, 6.07) is 4.43. The molecule has 0 bridgehead atoms. The molecule has 1 aliphatic rings. The SMILES string of the molecule is COCCNc1ccc(Cl)c(CNC2CC2)n1. The normalized spacial score (nSPS) is 14.9. The fraction of sp³-hybridized carbons (Fsp3) is 0.583. The third-order valence-corrected chi connectivity index (χ3v) is 3.01. The van der Waals surface area contributed by atoms with Crippen LogP contribution >= 0.6 is 11.6 Å². The summed E-state index contributed by atoms with van der Waals surface area (Å²) in [5.41, 5.74) is 0.904. The van der Waals surface area contributed by atoms with E-state index in [-0.39, 0.29) is 0 Å². The lowest BCUT2D eigenvalue weighted by atomic mass is 10.3. The Hall–Kier alpha value is -0.840. The van der Waals surface area contributed by atoms with E-state index in [2.05, 4.69) is 15.6 Å². The lowest BCUT2D eigenvalue weighted by Gasteiger charge is -2.09. The van der Waals surface area contributed by atoms with Crippen LogP contribution in [0.3, 0.4) is 0 Å². The number of hydrogen-bond acceptors (Lipinski definition) is 4. The van der Waals surface area contributed by atoms with Crippen molar-refractivity contribution < 1.29 is 4.74 Å². The van der Waals surface area contributed by atoms with Crippen molar-refractivity contribution in [2.75, 3.05) is 25.6 Å². The number of nitrogens with one attached hydrogen (secondary N) is 2. The van der Waals surface area contributed by atoms with E-state index in [1.165, 1.54) is 12.8 Å². The van der Waals surface area contributed by atoms with Crippen molar-refractivity contribution in [3.63, 3.8) is 0 Å². The molecule has 1 aromatic heterocycles. The Balaban J connectivity index is 1.90. The number of halogens is 1. The molecule has 94 valence electrons. The molecule has 1 fully saturated rings. The third-order valence-electron chi connectivity index (χ3n) is 2.67. The van der Waals surface area contributed by atoms with Crippen molar-refractivity contribution in [2.24, 2.45) is 0 Å². The average molecular weight is 256 g/mol. The van der Waals surface area contributed by atoms with Gasteiger partial charge in [0, 0.05) is 26.2 Å². The lowest BCUT2D eigenvalue weighted by Crippen LogP contribution is -2.17. The van der Waals surface area contributed by atoms with Crippen LogP contribution in [0.4, 0.5) is 5.82 Å². The lowest BCUT2D eigenvalue weighted by molar-refractivity contribution is 0.210. The Morgan fingerprint density at radius 3 is 3.00 bits per heavy atom. The Morgan fingerprint density at radius 2 is 2.29 bits per heavy atom. The van der Waals surface area contributed by atoms with Crippen LogP contribution in [0.1, 0.15) is 18.5 Å². The highest BCUT2D eigenvalue weighted by Crippen LogP contribution is 2.21. The van der Waals surface area contributed by atoms with Gasteiger partial charge < -0.3 is 15.4 Å². The van der Waals surface area contributed by atoms with Crippen molar-refractivity contribution >= 4 is 17.4 Å². The van der Waals surface area contributed by atoms with Crippen LogP contribution < -0.4 is 10.6 Å². The van der Waals surface area contributed by atoms with Crippen molar-refractivity contribution in [2.45, 2.75) is 25.4 Å². The molecule has 0 unspecified atom stereocenters. The second kappa shape index (κ2) is 6.19. The average Bonchev–Trinajstić information content (AvgIpc) is 3.14. The molecule has 1 aliphatic carbocycles. The number of pyridine rings is 1. The molecule has 0 spiro atoms. The summed E-state index contributed by atoms with van der Waals surface area (Å²) >= 11 is 6.11. The molecule has 2 rings (SSSR count). The fourth-order valence-corrected chi connectivity index (χ4v) is 1.69. The van der Waals surface area contributed by atoms with Crippen molar-refractivity contribution in [1.82, 2.24) is 10.3 Å². The number of methoxy groups -OCH3 is 1. The summed E-state index contributed by atoms with van der Waals surface area (Å²) in [6.07, 6.45) is 2.53. The summed E-state index contributed by atoms with van der Waals surface area (Å²) in [5, 5.41) is 7.32. The molecule has 1 aromatic rings. The number of aromatic nitrogens is 1. The summed E-state index contributed by atoms with van der Waals surface area (Å²) in [5.74, 6) is 0.846. The van der Waals surface area contributed by atoms with Gasteiger partial charge in [-0.05, 0) is 25.0 Å². The van der Waals surface area contributed by atoms with Gasteiger partial charge >= 0.3 is 0 Å². The quantitative estimate of drug-likeness (QED) is 0.732. The highest BCUT2D eigenvalue weighted by atomic mass is 35.5. The molecule has 0 radical (unpaired) electrons. The maximum Gasteiger partial charge on any atom is 0.126 e. The van der Waals surface area contributed by atoms with Crippen molar-refractivity contribution in [3.8, 4) is 0 Å². The minimum Gasteiger partial charge on any atom is -0.383 e. The van der Waals surface area contributed by atoms with E-state index in [1.807, 2.05) is 12.1 Å². The van der Waals surface area contributed by atoms with Gasteiger partial charge in [0.2, 0.25) is 0 Å². The van der Waals surface area contributed by atoms with E-state index >= 15 is 0 Å². The van der Waals surface area contributed by atoms with Crippen LogP contribution in [0, 0.1) is 0 Å². The third kappa shape index (κ3) is 4.15. The van der Waals surface area contributed by atoms with Crippen LogP contribution in [-0.2, 0) is 11.3 Å². The van der Waals surface area contributed by atoms with Gasteiger partial charge in [0.15, 0.2) is 0 Å². The first-order valence-electron chi connectivity index (χ1n) is 5.91. The van der Waals surface area contributed by atoms with Crippen LogP contribution in [0.5, 0.6) is 0 Å². The van der Waals surface area contributed by atoms with Crippen LogP contribution in [0.25, 0.3) is 0 Å². The molecule has 0 aromatic carbocycles. The topological polar surface area (TPSA) is 46.2 Å². The number of nitrogens with zero attached hydrogens (tertiary/aromatic N) is 1. The van der Waals surface area contributed by atoms with Gasteiger partial charge in [-0.2, -0.15) is 0 Å². The van der Waals surface area contributed by atoms with E-state index in [4.69, 9.17) is 16.3 Å². The summed E-state index contributed by atoms with van der Waals surface area (Å²) in [6.45, 7) is 2.16. The van der Waals surface area contributed by atoms with E-state index < -0.39 is 0 Å². The first kappa shape index (κ1) is 12.6. The summed E-state index contributed by atoms with van der Waals surface area (Å²) in [7, 11) is 1.68. The zero-order chi connectivity index (χ0) is 12.1. The van der Waals surface area contributed by atoms with Gasteiger partial charge in [-0.15, -0.1) is 0 Å². The van der Waals surface area contributed by atoms with Gasteiger partial charge in [0.05, 0.1) is 17.3 Å². The first-order chi connectivity index (χ1) is 8.29. The number of ether oxygens (including phenoxy) is 1. The Morgan fingerprint density at radius 1 is 1.47 bits per heavy atom. The molecular formula is C12H18ClN3O. The molecule has 0 atom stereocenters. The minimum absolute atomic E-state index is 0.665. The molecule has 0 saturated heterocycles. The van der Waals surface area contributed by atoms with Gasteiger partial charge in [-0.1, -0.05) is 11.6 Å².